The number of ether oxygens (including phenoxy) is 2. The summed E-state index contributed by atoms with van der Waals surface area (Å²) in [6.45, 7) is 10.1. The Hall–Kier alpha value is -3.33. The zero-order valence-electron chi connectivity index (χ0n) is 21.2. The molecule has 0 saturated heterocycles. The molecule has 4 rings (SSSR count). The van der Waals surface area contributed by atoms with E-state index in [1.165, 1.54) is 24.5 Å². The molecule has 36 heavy (non-hydrogen) atoms. The van der Waals surface area contributed by atoms with Crippen molar-refractivity contribution in [3.8, 4) is 0 Å². The normalized spacial score (nSPS) is 16.2. The number of benzene rings is 1. The highest BCUT2D eigenvalue weighted by molar-refractivity contribution is 7.17. The summed E-state index contributed by atoms with van der Waals surface area (Å²) in [6.07, 6.45) is 2.78. The molecule has 0 radical (unpaired) electrons. The van der Waals surface area contributed by atoms with Crippen LogP contribution in [0.5, 0.6) is 0 Å². The van der Waals surface area contributed by atoms with Gasteiger partial charge in [-0.1, -0.05) is 32.9 Å². The van der Waals surface area contributed by atoms with Gasteiger partial charge in [0.1, 0.15) is 5.00 Å². The van der Waals surface area contributed by atoms with E-state index in [-0.39, 0.29) is 17.7 Å². The summed E-state index contributed by atoms with van der Waals surface area (Å²) in [4.78, 5) is 48.0. The number of thiophene rings is 1. The molecule has 2 aromatic heterocycles. The van der Waals surface area contributed by atoms with E-state index >= 15 is 0 Å². The topological polar surface area (TPSA) is 107 Å². The van der Waals surface area contributed by atoms with Crippen LogP contribution in [0, 0.1) is 11.3 Å². The third kappa shape index (κ3) is 5.41. The lowest BCUT2D eigenvalue weighted by Crippen LogP contribution is -2.30. The second kappa shape index (κ2) is 10.3. The lowest BCUT2D eigenvalue weighted by molar-refractivity contribution is -0.123. The van der Waals surface area contributed by atoms with Crippen LogP contribution in [0.1, 0.15) is 72.3 Å². The van der Waals surface area contributed by atoms with Crippen molar-refractivity contribution < 1.29 is 23.9 Å². The van der Waals surface area contributed by atoms with Crippen LogP contribution in [0.2, 0.25) is 0 Å². The number of carbonyl (C=O) groups excluding carboxylic acids is 3. The van der Waals surface area contributed by atoms with E-state index in [4.69, 9.17) is 9.47 Å². The molecule has 1 aromatic carbocycles. The molecule has 1 aliphatic rings. The van der Waals surface area contributed by atoms with Crippen molar-refractivity contribution >= 4 is 45.2 Å². The Morgan fingerprint density at radius 1 is 1.17 bits per heavy atom. The molecule has 1 aliphatic carbocycles. The van der Waals surface area contributed by atoms with Crippen molar-refractivity contribution in [2.45, 2.75) is 60.0 Å². The van der Waals surface area contributed by atoms with E-state index in [0.717, 1.165) is 29.7 Å². The summed E-state index contributed by atoms with van der Waals surface area (Å²) < 4.78 is 10.7. The molecule has 1 N–H and O–H groups in total. The van der Waals surface area contributed by atoms with E-state index in [1.807, 2.05) is 6.07 Å². The quantitative estimate of drug-likeness (QED) is 0.455. The molecule has 0 spiro atoms. The van der Waals surface area contributed by atoms with Crippen LogP contribution in [0.25, 0.3) is 11.0 Å². The molecule has 2 unspecified atom stereocenters. The van der Waals surface area contributed by atoms with Crippen LogP contribution in [-0.4, -0.2) is 40.5 Å². The first kappa shape index (κ1) is 25.8. The molecule has 9 heteroatoms. The highest BCUT2D eigenvalue weighted by atomic mass is 32.1. The van der Waals surface area contributed by atoms with Gasteiger partial charge in [-0.05, 0) is 62.1 Å². The number of rotatable bonds is 6. The summed E-state index contributed by atoms with van der Waals surface area (Å²) in [5, 5.41) is 3.25. The van der Waals surface area contributed by atoms with E-state index < -0.39 is 23.9 Å². The smallest absolute Gasteiger partial charge is 0.359 e. The van der Waals surface area contributed by atoms with Crippen molar-refractivity contribution in [3.63, 3.8) is 0 Å². The number of esters is 2. The Morgan fingerprint density at radius 2 is 1.89 bits per heavy atom. The lowest BCUT2D eigenvalue weighted by Gasteiger charge is -2.33. The fourth-order valence-corrected chi connectivity index (χ4v) is 5.69. The Labute approximate surface area is 214 Å². The molecular formula is C27H31N3O5S. The molecule has 0 fully saturated rings. The minimum absolute atomic E-state index is 0.0142. The second-order valence-electron chi connectivity index (χ2n) is 10.0. The Morgan fingerprint density at radius 3 is 2.58 bits per heavy atom. The first-order chi connectivity index (χ1) is 17.1. The maximum Gasteiger partial charge on any atom is 0.359 e. The van der Waals surface area contributed by atoms with Crippen molar-refractivity contribution in [1.29, 1.82) is 0 Å². The van der Waals surface area contributed by atoms with Crippen LogP contribution >= 0.6 is 11.3 Å². The predicted octanol–water partition coefficient (Wildman–Crippen LogP) is 5.20. The molecular weight excluding hydrogens is 478 g/mol. The van der Waals surface area contributed by atoms with Gasteiger partial charge in [0.2, 0.25) is 0 Å². The number of nitrogens with one attached hydrogen (secondary N) is 1. The van der Waals surface area contributed by atoms with Crippen LogP contribution in [-0.2, 0) is 27.1 Å². The van der Waals surface area contributed by atoms with Gasteiger partial charge in [0, 0.05) is 4.88 Å². The van der Waals surface area contributed by atoms with Gasteiger partial charge in [-0.2, -0.15) is 0 Å². The number of carbonyl (C=O) groups is 3. The summed E-state index contributed by atoms with van der Waals surface area (Å²) in [7, 11) is 0. The third-order valence-corrected chi connectivity index (χ3v) is 7.69. The molecule has 0 saturated carbocycles. The average Bonchev–Trinajstić information content (AvgIpc) is 3.20. The van der Waals surface area contributed by atoms with Gasteiger partial charge in [-0.15, -0.1) is 11.3 Å². The highest BCUT2D eigenvalue weighted by Gasteiger charge is 2.35. The monoisotopic (exact) mass is 509 g/mol. The largest absolute Gasteiger partial charge is 0.462 e. The molecule has 1 amide bonds. The van der Waals surface area contributed by atoms with Crippen LogP contribution in [0.15, 0.2) is 30.5 Å². The van der Waals surface area contributed by atoms with E-state index in [1.54, 1.807) is 25.1 Å². The number of fused-ring (bicyclic) bond motifs is 2. The van der Waals surface area contributed by atoms with Gasteiger partial charge in [-0.25, -0.2) is 14.6 Å². The Kier molecular flexibility index (Phi) is 7.40. The SMILES string of the molecule is CCOC(=O)c1c(NC(=O)C(C)OC(=O)c2cnc3ccccc3n2)sc2c1CCC(C(C)(C)C)C2. The van der Waals surface area contributed by atoms with Gasteiger partial charge < -0.3 is 14.8 Å². The van der Waals surface area contributed by atoms with Crippen LogP contribution in [0.3, 0.4) is 0 Å². The first-order valence-corrected chi connectivity index (χ1v) is 13.0. The van der Waals surface area contributed by atoms with E-state index in [9.17, 15) is 14.4 Å². The first-order valence-electron chi connectivity index (χ1n) is 12.1. The predicted molar refractivity (Wildman–Crippen MR) is 138 cm³/mol. The highest BCUT2D eigenvalue weighted by Crippen LogP contribution is 2.44. The Bertz CT molecular complexity index is 1310. The summed E-state index contributed by atoms with van der Waals surface area (Å²) in [5.41, 5.74) is 2.73. The van der Waals surface area contributed by atoms with Gasteiger partial charge in [-0.3, -0.25) is 9.78 Å². The number of nitrogens with zero attached hydrogens (tertiary/aromatic N) is 2. The van der Waals surface area contributed by atoms with Gasteiger partial charge in [0.15, 0.2) is 11.8 Å². The maximum absolute atomic E-state index is 13.0. The number of amides is 1. The van der Waals surface area contributed by atoms with Crippen molar-refractivity contribution in [2.75, 3.05) is 11.9 Å². The number of anilines is 1. The van der Waals surface area contributed by atoms with Crippen LogP contribution in [0.4, 0.5) is 5.00 Å². The molecule has 2 atom stereocenters. The standard InChI is InChI=1S/C27H31N3O5S/c1-6-34-26(33)22-17-12-11-16(27(3,4)5)13-21(17)36-24(22)30-23(31)15(2)35-25(32)20-14-28-18-9-7-8-10-19(18)29-20/h7-10,14-16H,6,11-13H2,1-5H3,(H,30,31). The van der Waals surface area contributed by atoms with Gasteiger partial charge in [0.25, 0.3) is 5.91 Å². The maximum atomic E-state index is 13.0. The van der Waals surface area contributed by atoms with E-state index in [0.29, 0.717) is 27.5 Å². The summed E-state index contributed by atoms with van der Waals surface area (Å²) >= 11 is 1.40. The lowest BCUT2D eigenvalue weighted by atomic mass is 9.72. The minimum atomic E-state index is -1.11. The molecule has 0 aliphatic heterocycles. The Balaban J connectivity index is 1.52. The summed E-state index contributed by atoms with van der Waals surface area (Å²) in [6, 6.07) is 7.17. The molecule has 3 aromatic rings. The van der Waals surface area contributed by atoms with E-state index in [2.05, 4.69) is 36.1 Å². The van der Waals surface area contributed by atoms with Gasteiger partial charge >= 0.3 is 11.9 Å². The van der Waals surface area contributed by atoms with Gasteiger partial charge in [0.05, 0.1) is 29.4 Å². The fourth-order valence-electron chi connectivity index (χ4n) is 4.38. The zero-order chi connectivity index (χ0) is 26.0. The third-order valence-electron chi connectivity index (χ3n) is 6.52. The number of aromatic nitrogens is 2. The second-order valence-corrected chi connectivity index (χ2v) is 11.1. The zero-order valence-corrected chi connectivity index (χ0v) is 22.0. The fraction of sp³-hybridized carbons (Fsp3) is 0.444. The van der Waals surface area contributed by atoms with Crippen LogP contribution < -0.4 is 5.32 Å². The minimum Gasteiger partial charge on any atom is -0.462 e. The van der Waals surface area contributed by atoms with Crippen molar-refractivity contribution in [1.82, 2.24) is 9.97 Å². The number of para-hydroxylation sites is 2. The molecule has 190 valence electrons. The van der Waals surface area contributed by atoms with Crippen molar-refractivity contribution in [3.05, 3.63) is 52.2 Å². The number of hydrogen-bond acceptors (Lipinski definition) is 8. The number of hydrogen-bond donors (Lipinski definition) is 1. The summed E-state index contributed by atoms with van der Waals surface area (Å²) in [5.74, 6) is -1.26. The average molecular weight is 510 g/mol. The molecule has 2 heterocycles. The van der Waals surface area contributed by atoms with Crippen molar-refractivity contribution in [2.24, 2.45) is 11.3 Å². The molecule has 8 nitrogen and oxygen atoms in total. The molecule has 0 bridgehead atoms.